The van der Waals surface area contributed by atoms with Crippen molar-refractivity contribution in [2.45, 2.75) is 46.2 Å². The highest BCUT2D eigenvalue weighted by atomic mass is 19.1. The molecule has 0 aliphatic carbocycles. The summed E-state index contributed by atoms with van der Waals surface area (Å²) in [6.45, 7) is 8.24. The molecule has 0 saturated carbocycles. The predicted octanol–water partition coefficient (Wildman–Crippen LogP) is 3.20. The fraction of sp³-hybridized carbons (Fsp3) is 0.556. The summed E-state index contributed by atoms with van der Waals surface area (Å²) < 4.78 is 15.2. The monoisotopic (exact) mass is 316 g/mol. The van der Waals surface area contributed by atoms with E-state index in [0.717, 1.165) is 50.7 Å². The van der Waals surface area contributed by atoms with Gasteiger partial charge >= 0.3 is 0 Å². The molecule has 1 aliphatic heterocycles. The minimum atomic E-state index is -0.160. The third-order valence-electron chi connectivity index (χ3n) is 4.63. The summed E-state index contributed by atoms with van der Waals surface area (Å²) in [7, 11) is 0. The molecule has 124 valence electrons. The average Bonchev–Trinajstić information content (AvgIpc) is 3.11. The van der Waals surface area contributed by atoms with Crippen LogP contribution in [-0.2, 0) is 19.5 Å². The molecule has 3 rings (SSSR count). The maximum atomic E-state index is 13.0. The number of rotatable bonds is 6. The van der Waals surface area contributed by atoms with Gasteiger partial charge in [0.05, 0.1) is 6.54 Å². The molecule has 2 heterocycles. The first-order chi connectivity index (χ1) is 11.2. The van der Waals surface area contributed by atoms with Crippen LogP contribution in [0.5, 0.6) is 0 Å². The number of likely N-dealkylation sites (tertiary alicyclic amines) is 1. The third-order valence-corrected chi connectivity index (χ3v) is 4.63. The first kappa shape index (κ1) is 16.1. The minimum absolute atomic E-state index is 0.160. The molecular weight excluding hydrogens is 291 g/mol. The van der Waals surface area contributed by atoms with Crippen molar-refractivity contribution < 1.29 is 4.39 Å². The van der Waals surface area contributed by atoms with Crippen LogP contribution < -0.4 is 0 Å². The molecular formula is C18H25FN4. The van der Waals surface area contributed by atoms with Crippen LogP contribution in [0.3, 0.4) is 0 Å². The van der Waals surface area contributed by atoms with Crippen LogP contribution in [-0.4, -0.2) is 32.8 Å². The molecule has 1 aliphatic rings. The van der Waals surface area contributed by atoms with Crippen molar-refractivity contribution in [2.24, 2.45) is 5.92 Å². The summed E-state index contributed by atoms with van der Waals surface area (Å²) in [5, 5.41) is 8.57. The molecule has 0 unspecified atom stereocenters. The van der Waals surface area contributed by atoms with E-state index in [9.17, 15) is 4.39 Å². The number of aryl methyl sites for hydroxylation is 1. The number of aromatic nitrogens is 3. The van der Waals surface area contributed by atoms with E-state index >= 15 is 0 Å². The zero-order valence-electron chi connectivity index (χ0n) is 14.0. The Hall–Kier alpha value is -1.75. The van der Waals surface area contributed by atoms with Gasteiger partial charge in [-0.05, 0) is 56.3 Å². The molecule has 2 aromatic rings. The third kappa shape index (κ3) is 3.96. The van der Waals surface area contributed by atoms with Crippen molar-refractivity contribution in [3.8, 4) is 0 Å². The summed E-state index contributed by atoms with van der Waals surface area (Å²) in [6.07, 6.45) is 3.31. The van der Waals surface area contributed by atoms with Gasteiger partial charge in [0, 0.05) is 13.1 Å². The van der Waals surface area contributed by atoms with Gasteiger partial charge in [-0.2, -0.15) is 0 Å². The lowest BCUT2D eigenvalue weighted by atomic mass is 9.99. The van der Waals surface area contributed by atoms with Crippen LogP contribution in [0.15, 0.2) is 24.3 Å². The molecule has 1 aromatic carbocycles. The maximum absolute atomic E-state index is 13.0. The first-order valence-electron chi connectivity index (χ1n) is 8.51. The highest BCUT2D eigenvalue weighted by Gasteiger charge is 2.24. The summed E-state index contributed by atoms with van der Waals surface area (Å²) in [5.74, 6) is 2.56. The summed E-state index contributed by atoms with van der Waals surface area (Å²) in [5.41, 5.74) is 1.23. The van der Waals surface area contributed by atoms with Gasteiger partial charge in [0.1, 0.15) is 17.5 Å². The van der Waals surface area contributed by atoms with Crippen LogP contribution in [0.2, 0.25) is 0 Å². The molecule has 1 atom stereocenters. The quantitative estimate of drug-likeness (QED) is 0.821. The Balaban J connectivity index is 1.56. The lowest BCUT2D eigenvalue weighted by Crippen LogP contribution is -2.23. The number of hydrogen-bond acceptors (Lipinski definition) is 3. The Labute approximate surface area is 137 Å². The van der Waals surface area contributed by atoms with Crippen LogP contribution in [0.25, 0.3) is 0 Å². The number of halogens is 1. The molecule has 0 N–H and O–H groups in total. The molecule has 23 heavy (non-hydrogen) atoms. The van der Waals surface area contributed by atoms with Gasteiger partial charge < -0.3 is 4.57 Å². The molecule has 1 aromatic heterocycles. The zero-order chi connectivity index (χ0) is 16.2. The zero-order valence-corrected chi connectivity index (χ0v) is 14.0. The van der Waals surface area contributed by atoms with Gasteiger partial charge in [-0.3, -0.25) is 4.90 Å². The Morgan fingerprint density at radius 3 is 2.74 bits per heavy atom. The van der Waals surface area contributed by atoms with E-state index in [1.54, 1.807) is 12.1 Å². The Morgan fingerprint density at radius 2 is 2.00 bits per heavy atom. The molecule has 0 spiro atoms. The summed E-state index contributed by atoms with van der Waals surface area (Å²) in [6, 6.07) is 6.91. The first-order valence-corrected chi connectivity index (χ1v) is 8.51. The van der Waals surface area contributed by atoms with E-state index in [1.807, 2.05) is 19.1 Å². The molecule has 0 bridgehead atoms. The van der Waals surface area contributed by atoms with E-state index in [1.165, 1.54) is 12.0 Å². The van der Waals surface area contributed by atoms with Gasteiger partial charge in [0.25, 0.3) is 0 Å². The van der Waals surface area contributed by atoms with E-state index in [0.29, 0.717) is 5.92 Å². The van der Waals surface area contributed by atoms with Gasteiger partial charge in [-0.15, -0.1) is 10.2 Å². The number of nitrogens with zero attached hydrogens (tertiary/aromatic N) is 4. The van der Waals surface area contributed by atoms with Crippen molar-refractivity contribution in [3.63, 3.8) is 0 Å². The molecule has 0 radical (unpaired) electrons. The van der Waals surface area contributed by atoms with Crippen molar-refractivity contribution >= 4 is 0 Å². The van der Waals surface area contributed by atoms with Crippen molar-refractivity contribution in [2.75, 3.05) is 13.1 Å². The Morgan fingerprint density at radius 1 is 1.22 bits per heavy atom. The Kier molecular flexibility index (Phi) is 5.06. The predicted molar refractivity (Wildman–Crippen MR) is 88.5 cm³/mol. The normalized spacial score (nSPS) is 18.7. The second kappa shape index (κ2) is 7.21. The fourth-order valence-electron chi connectivity index (χ4n) is 3.43. The van der Waals surface area contributed by atoms with Crippen molar-refractivity contribution in [3.05, 3.63) is 47.3 Å². The average molecular weight is 316 g/mol. The van der Waals surface area contributed by atoms with Crippen LogP contribution in [0, 0.1) is 18.7 Å². The number of hydrogen-bond donors (Lipinski definition) is 0. The van der Waals surface area contributed by atoms with Crippen molar-refractivity contribution in [1.29, 1.82) is 0 Å². The van der Waals surface area contributed by atoms with E-state index < -0.39 is 0 Å². The number of benzene rings is 1. The van der Waals surface area contributed by atoms with Gasteiger partial charge in [-0.1, -0.05) is 19.1 Å². The van der Waals surface area contributed by atoms with Crippen LogP contribution in [0.4, 0.5) is 4.39 Å². The highest BCUT2D eigenvalue weighted by Crippen LogP contribution is 2.22. The van der Waals surface area contributed by atoms with Gasteiger partial charge in [0.2, 0.25) is 0 Å². The smallest absolute Gasteiger partial charge is 0.147 e. The van der Waals surface area contributed by atoms with E-state index in [2.05, 4.69) is 26.6 Å². The molecule has 1 saturated heterocycles. The lowest BCUT2D eigenvalue weighted by molar-refractivity contribution is 0.302. The SMILES string of the molecule is CCCn1c(C)nnc1CN1CC[C@@H](Cc2ccc(F)cc2)C1. The molecule has 5 heteroatoms. The lowest BCUT2D eigenvalue weighted by Gasteiger charge is -2.16. The standard InChI is InChI=1S/C18H25FN4/c1-3-9-23-14(2)20-21-18(23)13-22-10-8-16(12-22)11-15-4-6-17(19)7-5-15/h4-7,16H,3,8-13H2,1-2H3/t16-/m0/s1. The van der Waals surface area contributed by atoms with E-state index in [4.69, 9.17) is 0 Å². The largest absolute Gasteiger partial charge is 0.314 e. The van der Waals surface area contributed by atoms with Crippen LogP contribution in [0.1, 0.15) is 37.0 Å². The highest BCUT2D eigenvalue weighted by molar-refractivity contribution is 5.17. The van der Waals surface area contributed by atoms with Crippen molar-refractivity contribution in [1.82, 2.24) is 19.7 Å². The van der Waals surface area contributed by atoms with Gasteiger partial charge in [0.15, 0.2) is 0 Å². The molecule has 1 fully saturated rings. The Bertz CT molecular complexity index is 635. The molecule has 4 nitrogen and oxygen atoms in total. The van der Waals surface area contributed by atoms with Gasteiger partial charge in [-0.25, -0.2) is 4.39 Å². The minimum Gasteiger partial charge on any atom is -0.314 e. The molecule has 0 amide bonds. The van der Waals surface area contributed by atoms with E-state index in [-0.39, 0.29) is 5.82 Å². The maximum Gasteiger partial charge on any atom is 0.147 e. The fourth-order valence-corrected chi connectivity index (χ4v) is 3.43. The summed E-state index contributed by atoms with van der Waals surface area (Å²) >= 11 is 0. The second-order valence-electron chi connectivity index (χ2n) is 6.54. The van der Waals surface area contributed by atoms with Crippen LogP contribution >= 0.6 is 0 Å². The second-order valence-corrected chi connectivity index (χ2v) is 6.54. The summed E-state index contributed by atoms with van der Waals surface area (Å²) in [4.78, 5) is 2.46. The topological polar surface area (TPSA) is 34.0 Å².